The maximum atomic E-state index is 12.1. The van der Waals surface area contributed by atoms with Gasteiger partial charge in [0.25, 0.3) is 0 Å². The van der Waals surface area contributed by atoms with Crippen LogP contribution in [0.15, 0.2) is 24.3 Å². The van der Waals surface area contributed by atoms with Crippen LogP contribution < -0.4 is 9.47 Å². The Bertz CT molecular complexity index is 700. The second-order valence-corrected chi connectivity index (χ2v) is 5.30. The first-order valence-electron chi connectivity index (χ1n) is 7.12. The predicted molar refractivity (Wildman–Crippen MR) is 80.9 cm³/mol. The molecular formula is C17H19NO3. The summed E-state index contributed by atoms with van der Waals surface area (Å²) in [6.07, 6.45) is 2.46. The minimum Gasteiger partial charge on any atom is -0.497 e. The molecular weight excluding hydrogens is 266 g/mol. The molecule has 0 saturated heterocycles. The fourth-order valence-corrected chi connectivity index (χ4v) is 3.04. The predicted octanol–water partition coefficient (Wildman–Crippen LogP) is 3.32. The molecule has 2 aromatic rings. The van der Waals surface area contributed by atoms with Crippen LogP contribution in [-0.2, 0) is 6.42 Å². The third kappa shape index (κ3) is 2.20. The Balaban J connectivity index is 2.23. The number of Topliss-reactive ketones (excluding diaryl/α,β-unsaturated/α-hetero) is 1. The number of rotatable bonds is 3. The number of carbonyl (C=O) groups excluding carboxylic acids is 1. The number of benzene rings is 1. The van der Waals surface area contributed by atoms with E-state index in [2.05, 4.69) is 4.57 Å². The quantitative estimate of drug-likeness (QED) is 0.868. The number of ketones is 1. The lowest BCUT2D eigenvalue weighted by Gasteiger charge is -2.18. The van der Waals surface area contributed by atoms with Crippen LogP contribution in [0.5, 0.6) is 11.5 Å². The van der Waals surface area contributed by atoms with Gasteiger partial charge in [-0.15, -0.1) is 0 Å². The standard InChI is InChI=1S/C17H19NO3/c1-11-9-13-14(5-4-6-16(13)19)18(11)15-10-12(20-2)7-8-17(15)21-3/h7-10H,4-6H2,1-3H3. The summed E-state index contributed by atoms with van der Waals surface area (Å²) in [5.41, 5.74) is 3.89. The third-order valence-corrected chi connectivity index (χ3v) is 4.03. The van der Waals surface area contributed by atoms with Gasteiger partial charge in [0.05, 0.1) is 19.9 Å². The summed E-state index contributed by atoms with van der Waals surface area (Å²) in [5, 5.41) is 0. The molecule has 0 bridgehead atoms. The summed E-state index contributed by atoms with van der Waals surface area (Å²) in [6.45, 7) is 2.02. The molecule has 0 atom stereocenters. The minimum atomic E-state index is 0.236. The van der Waals surface area contributed by atoms with Crippen LogP contribution in [0.4, 0.5) is 0 Å². The van der Waals surface area contributed by atoms with Crippen LogP contribution in [0.3, 0.4) is 0 Å². The summed E-state index contributed by atoms with van der Waals surface area (Å²) < 4.78 is 12.9. The van der Waals surface area contributed by atoms with Gasteiger partial charge < -0.3 is 14.0 Å². The van der Waals surface area contributed by atoms with Crippen molar-refractivity contribution in [1.29, 1.82) is 0 Å². The highest BCUT2D eigenvalue weighted by molar-refractivity contribution is 5.98. The van der Waals surface area contributed by atoms with E-state index in [1.807, 2.05) is 31.2 Å². The first kappa shape index (κ1) is 13.7. The van der Waals surface area contributed by atoms with E-state index in [0.717, 1.165) is 47.0 Å². The number of aryl methyl sites for hydroxylation is 1. The van der Waals surface area contributed by atoms with Crippen LogP contribution in [0.25, 0.3) is 5.69 Å². The maximum Gasteiger partial charge on any atom is 0.164 e. The monoisotopic (exact) mass is 285 g/mol. The summed E-state index contributed by atoms with van der Waals surface area (Å²) in [5.74, 6) is 1.78. The molecule has 1 aliphatic rings. The zero-order valence-electron chi connectivity index (χ0n) is 12.6. The van der Waals surface area contributed by atoms with Crippen molar-refractivity contribution in [2.24, 2.45) is 0 Å². The number of ether oxygens (including phenoxy) is 2. The lowest BCUT2D eigenvalue weighted by Crippen LogP contribution is -2.13. The molecule has 0 unspecified atom stereocenters. The Morgan fingerprint density at radius 2 is 1.90 bits per heavy atom. The minimum absolute atomic E-state index is 0.236. The third-order valence-electron chi connectivity index (χ3n) is 4.03. The van der Waals surface area contributed by atoms with Crippen molar-refractivity contribution in [3.05, 3.63) is 41.2 Å². The van der Waals surface area contributed by atoms with E-state index >= 15 is 0 Å². The van der Waals surface area contributed by atoms with E-state index in [4.69, 9.17) is 9.47 Å². The summed E-state index contributed by atoms with van der Waals surface area (Å²) in [4.78, 5) is 12.1. The Morgan fingerprint density at radius 1 is 1.10 bits per heavy atom. The largest absolute Gasteiger partial charge is 0.497 e. The first-order chi connectivity index (χ1) is 10.2. The summed E-state index contributed by atoms with van der Waals surface area (Å²) in [6, 6.07) is 7.70. The van der Waals surface area contributed by atoms with Crippen LogP contribution >= 0.6 is 0 Å². The van der Waals surface area contributed by atoms with Crippen molar-refractivity contribution in [3.8, 4) is 17.2 Å². The average Bonchev–Trinajstić information content (AvgIpc) is 2.84. The first-order valence-corrected chi connectivity index (χ1v) is 7.12. The van der Waals surface area contributed by atoms with Gasteiger partial charge in [-0.3, -0.25) is 4.79 Å². The van der Waals surface area contributed by atoms with Crippen LogP contribution in [0, 0.1) is 6.92 Å². The Morgan fingerprint density at radius 3 is 2.62 bits per heavy atom. The fourth-order valence-electron chi connectivity index (χ4n) is 3.04. The smallest absolute Gasteiger partial charge is 0.164 e. The Kier molecular flexibility index (Phi) is 3.45. The normalized spacial score (nSPS) is 14.0. The van der Waals surface area contributed by atoms with Crippen molar-refractivity contribution >= 4 is 5.78 Å². The van der Waals surface area contributed by atoms with Crippen molar-refractivity contribution in [2.45, 2.75) is 26.2 Å². The van der Waals surface area contributed by atoms with E-state index in [1.54, 1.807) is 14.2 Å². The molecule has 1 aromatic heterocycles. The van der Waals surface area contributed by atoms with Crippen LogP contribution in [0.2, 0.25) is 0 Å². The molecule has 0 N–H and O–H groups in total. The van der Waals surface area contributed by atoms with Gasteiger partial charge >= 0.3 is 0 Å². The molecule has 0 amide bonds. The molecule has 21 heavy (non-hydrogen) atoms. The van der Waals surface area contributed by atoms with E-state index < -0.39 is 0 Å². The van der Waals surface area contributed by atoms with E-state index in [-0.39, 0.29) is 5.78 Å². The lowest BCUT2D eigenvalue weighted by molar-refractivity contribution is 0.0972. The van der Waals surface area contributed by atoms with Crippen molar-refractivity contribution in [1.82, 2.24) is 4.57 Å². The number of hydrogen-bond donors (Lipinski definition) is 0. The molecule has 0 radical (unpaired) electrons. The van der Waals surface area contributed by atoms with Crippen molar-refractivity contribution in [3.63, 3.8) is 0 Å². The van der Waals surface area contributed by atoms with Crippen molar-refractivity contribution < 1.29 is 14.3 Å². The van der Waals surface area contributed by atoms with E-state index in [0.29, 0.717) is 6.42 Å². The second-order valence-electron chi connectivity index (χ2n) is 5.30. The Hall–Kier alpha value is -2.23. The molecule has 0 spiro atoms. The molecule has 0 fully saturated rings. The highest BCUT2D eigenvalue weighted by Gasteiger charge is 2.24. The number of fused-ring (bicyclic) bond motifs is 1. The van der Waals surface area contributed by atoms with Crippen LogP contribution in [0.1, 0.15) is 34.6 Å². The average molecular weight is 285 g/mol. The molecule has 1 aliphatic carbocycles. The number of carbonyl (C=O) groups is 1. The van der Waals surface area contributed by atoms with Crippen molar-refractivity contribution in [2.75, 3.05) is 14.2 Å². The molecule has 1 aromatic carbocycles. The van der Waals surface area contributed by atoms with Gasteiger partial charge in [-0.1, -0.05) is 0 Å². The van der Waals surface area contributed by atoms with E-state index in [1.165, 1.54) is 0 Å². The number of hydrogen-bond acceptors (Lipinski definition) is 3. The van der Waals surface area contributed by atoms with Gasteiger partial charge in [-0.25, -0.2) is 0 Å². The second kappa shape index (κ2) is 5.28. The Labute approximate surface area is 124 Å². The highest BCUT2D eigenvalue weighted by Crippen LogP contribution is 2.34. The fraction of sp³-hybridized carbons (Fsp3) is 0.353. The summed E-state index contributed by atoms with van der Waals surface area (Å²) >= 11 is 0. The molecule has 4 heteroatoms. The SMILES string of the molecule is COc1ccc(OC)c(-n2c(C)cc3c2CCCC3=O)c1. The van der Waals surface area contributed by atoms with Gasteiger partial charge in [0.15, 0.2) is 5.78 Å². The molecule has 110 valence electrons. The highest BCUT2D eigenvalue weighted by atomic mass is 16.5. The van der Waals surface area contributed by atoms with Gasteiger partial charge in [0.1, 0.15) is 11.5 Å². The van der Waals surface area contributed by atoms with Gasteiger partial charge in [-0.05, 0) is 38.0 Å². The number of methoxy groups -OCH3 is 2. The van der Waals surface area contributed by atoms with Gasteiger partial charge in [0, 0.05) is 29.4 Å². The zero-order chi connectivity index (χ0) is 15.0. The summed E-state index contributed by atoms with van der Waals surface area (Å²) in [7, 11) is 3.30. The maximum absolute atomic E-state index is 12.1. The number of aromatic nitrogens is 1. The molecule has 0 saturated carbocycles. The topological polar surface area (TPSA) is 40.5 Å². The van der Waals surface area contributed by atoms with Gasteiger partial charge in [0.2, 0.25) is 0 Å². The van der Waals surface area contributed by atoms with E-state index in [9.17, 15) is 4.79 Å². The molecule has 1 heterocycles. The molecule has 3 rings (SSSR count). The van der Waals surface area contributed by atoms with Gasteiger partial charge in [-0.2, -0.15) is 0 Å². The molecule has 4 nitrogen and oxygen atoms in total. The lowest BCUT2D eigenvalue weighted by atomic mass is 9.96. The van der Waals surface area contributed by atoms with Crippen LogP contribution in [-0.4, -0.2) is 24.6 Å². The zero-order valence-corrected chi connectivity index (χ0v) is 12.6. The number of nitrogens with zero attached hydrogens (tertiary/aromatic N) is 1. The molecule has 0 aliphatic heterocycles.